The van der Waals surface area contributed by atoms with Crippen molar-refractivity contribution in [1.82, 2.24) is 0 Å². The van der Waals surface area contributed by atoms with Crippen molar-refractivity contribution in [2.45, 2.75) is 30.7 Å². The van der Waals surface area contributed by atoms with Crippen LogP contribution in [0.3, 0.4) is 0 Å². The van der Waals surface area contributed by atoms with Crippen molar-refractivity contribution in [1.29, 1.82) is 0 Å². The summed E-state index contributed by atoms with van der Waals surface area (Å²) in [6.07, 6.45) is -9.49. The first-order chi connectivity index (χ1) is 8.55. The van der Waals surface area contributed by atoms with E-state index in [1.807, 2.05) is 0 Å². The highest BCUT2D eigenvalue weighted by molar-refractivity contribution is 5.60. The highest BCUT2D eigenvalue weighted by atomic mass is 19.4. The summed E-state index contributed by atoms with van der Waals surface area (Å²) in [4.78, 5) is 0. The zero-order chi connectivity index (χ0) is 14.5. The fraction of sp³-hybridized carbons (Fsp3) is 0.455. The molecule has 0 spiro atoms. The minimum atomic E-state index is -4.70. The van der Waals surface area contributed by atoms with Crippen molar-refractivity contribution >= 4 is 11.4 Å². The summed E-state index contributed by atoms with van der Waals surface area (Å²) >= 11 is 0. The van der Waals surface area contributed by atoms with Crippen molar-refractivity contribution in [2.24, 2.45) is 0 Å². The first kappa shape index (κ1) is 13.8. The predicted molar refractivity (Wildman–Crippen MR) is 57.5 cm³/mol. The summed E-state index contributed by atoms with van der Waals surface area (Å²) in [5.74, 6) is 0. The van der Waals surface area contributed by atoms with Crippen LogP contribution in [0.5, 0.6) is 0 Å². The second kappa shape index (κ2) is 3.94. The summed E-state index contributed by atoms with van der Waals surface area (Å²) < 4.78 is 75.8. The number of nitrogens with one attached hydrogen (secondary N) is 1. The quantitative estimate of drug-likeness (QED) is 0.640. The number of hydrogen-bond acceptors (Lipinski definition) is 2. The monoisotopic (exact) mass is 284 g/mol. The van der Waals surface area contributed by atoms with Gasteiger partial charge in [-0.05, 0) is 31.0 Å². The minimum Gasteiger partial charge on any atom is -0.398 e. The summed E-state index contributed by atoms with van der Waals surface area (Å²) in [5, 5.41) is 2.13. The van der Waals surface area contributed by atoms with E-state index in [2.05, 4.69) is 5.32 Å². The molecule has 0 amide bonds. The van der Waals surface area contributed by atoms with E-state index in [4.69, 9.17) is 5.73 Å². The van der Waals surface area contributed by atoms with Gasteiger partial charge in [0.2, 0.25) is 0 Å². The summed E-state index contributed by atoms with van der Waals surface area (Å²) in [6, 6.07) is 2.65. The van der Waals surface area contributed by atoms with Gasteiger partial charge >= 0.3 is 12.4 Å². The van der Waals surface area contributed by atoms with Crippen LogP contribution in [-0.2, 0) is 6.18 Å². The maximum atomic E-state index is 12.7. The lowest BCUT2D eigenvalue weighted by Crippen LogP contribution is -2.38. The van der Waals surface area contributed by atoms with Crippen LogP contribution in [0.2, 0.25) is 0 Å². The van der Waals surface area contributed by atoms with E-state index >= 15 is 0 Å². The van der Waals surface area contributed by atoms with E-state index in [9.17, 15) is 26.3 Å². The van der Waals surface area contributed by atoms with Gasteiger partial charge in [-0.25, -0.2) is 0 Å². The third-order valence-corrected chi connectivity index (χ3v) is 3.03. The molecule has 2 nitrogen and oxygen atoms in total. The number of anilines is 2. The van der Waals surface area contributed by atoms with Gasteiger partial charge in [-0.15, -0.1) is 0 Å². The number of hydrogen-bond donors (Lipinski definition) is 2. The Kier molecular flexibility index (Phi) is 2.87. The Hall–Kier alpha value is -1.60. The molecular weight excluding hydrogens is 274 g/mol. The molecule has 1 aliphatic carbocycles. The molecule has 0 atom stereocenters. The maximum absolute atomic E-state index is 12.7. The molecule has 8 heteroatoms. The van der Waals surface area contributed by atoms with Crippen LogP contribution in [0.25, 0.3) is 0 Å². The molecular formula is C11H10F6N2. The van der Waals surface area contributed by atoms with Crippen molar-refractivity contribution in [3.05, 3.63) is 23.8 Å². The molecule has 1 aromatic carbocycles. The molecule has 0 aromatic heterocycles. The van der Waals surface area contributed by atoms with Crippen molar-refractivity contribution in [3.63, 3.8) is 0 Å². The van der Waals surface area contributed by atoms with Crippen LogP contribution in [0, 0.1) is 0 Å². The zero-order valence-corrected chi connectivity index (χ0v) is 9.49. The molecule has 0 bridgehead atoms. The highest BCUT2D eigenvalue weighted by Crippen LogP contribution is 2.51. The van der Waals surface area contributed by atoms with Crippen LogP contribution in [0.1, 0.15) is 18.4 Å². The van der Waals surface area contributed by atoms with Crippen LogP contribution < -0.4 is 11.1 Å². The van der Waals surface area contributed by atoms with Gasteiger partial charge in [0.15, 0.2) is 0 Å². The molecule has 0 saturated heterocycles. The smallest absolute Gasteiger partial charge is 0.398 e. The van der Waals surface area contributed by atoms with Crippen LogP contribution in [0.4, 0.5) is 37.7 Å². The molecule has 0 radical (unpaired) electrons. The lowest BCUT2D eigenvalue weighted by atomic mass is 10.1. The molecule has 2 rings (SSSR count). The average Bonchev–Trinajstić information content (AvgIpc) is 2.99. The summed E-state index contributed by atoms with van der Waals surface area (Å²) in [5.41, 5.74) is 1.16. The van der Waals surface area contributed by atoms with Crippen LogP contribution in [-0.4, -0.2) is 11.7 Å². The molecule has 1 aliphatic rings. The first-order valence-corrected chi connectivity index (χ1v) is 5.37. The maximum Gasteiger partial charge on any atom is 0.418 e. The number of rotatable bonds is 2. The Balaban J connectivity index is 2.29. The molecule has 3 N–H and O–H groups in total. The van der Waals surface area contributed by atoms with Gasteiger partial charge in [-0.2, -0.15) is 26.3 Å². The number of alkyl halides is 6. The van der Waals surface area contributed by atoms with E-state index in [0.717, 1.165) is 12.1 Å². The first-order valence-electron chi connectivity index (χ1n) is 5.37. The SMILES string of the molecule is Nc1ccc(NC2(C(F)(F)F)CC2)cc1C(F)(F)F. The number of halogens is 6. The molecule has 1 fully saturated rings. The van der Waals surface area contributed by atoms with E-state index in [0.29, 0.717) is 6.07 Å². The molecule has 106 valence electrons. The van der Waals surface area contributed by atoms with Gasteiger partial charge in [0.25, 0.3) is 0 Å². The van der Waals surface area contributed by atoms with Gasteiger partial charge in [-0.3, -0.25) is 0 Å². The van der Waals surface area contributed by atoms with Gasteiger partial charge in [0.1, 0.15) is 5.54 Å². The minimum absolute atomic E-state index is 0.151. The summed E-state index contributed by atoms with van der Waals surface area (Å²) in [6.45, 7) is 0. The second-order valence-electron chi connectivity index (χ2n) is 4.50. The molecule has 1 saturated carbocycles. The Morgan fingerprint density at radius 2 is 1.63 bits per heavy atom. The number of benzene rings is 1. The third-order valence-electron chi connectivity index (χ3n) is 3.03. The highest BCUT2D eigenvalue weighted by Gasteiger charge is 2.63. The van der Waals surface area contributed by atoms with Crippen LogP contribution in [0.15, 0.2) is 18.2 Å². The van der Waals surface area contributed by atoms with E-state index < -0.39 is 29.1 Å². The fourth-order valence-electron chi connectivity index (χ4n) is 1.76. The number of nitrogens with two attached hydrogens (primary N) is 1. The Morgan fingerprint density at radius 1 is 1.05 bits per heavy atom. The van der Waals surface area contributed by atoms with Crippen molar-refractivity contribution < 1.29 is 26.3 Å². The standard InChI is InChI=1S/C11H10F6N2/c12-10(13,14)7-5-6(1-2-8(7)18)19-9(3-4-9)11(15,16)17/h1-2,5,19H,3-4,18H2. The van der Waals surface area contributed by atoms with Gasteiger partial charge < -0.3 is 11.1 Å². The second-order valence-corrected chi connectivity index (χ2v) is 4.50. The van der Waals surface area contributed by atoms with Crippen LogP contribution >= 0.6 is 0 Å². The topological polar surface area (TPSA) is 38.0 Å². The molecule has 0 heterocycles. The molecule has 19 heavy (non-hydrogen) atoms. The zero-order valence-electron chi connectivity index (χ0n) is 9.49. The fourth-order valence-corrected chi connectivity index (χ4v) is 1.76. The Labute approximate surface area is 104 Å². The molecule has 0 unspecified atom stereocenters. The van der Waals surface area contributed by atoms with E-state index in [1.165, 1.54) is 0 Å². The Morgan fingerprint density at radius 3 is 2.05 bits per heavy atom. The largest absolute Gasteiger partial charge is 0.418 e. The van der Waals surface area contributed by atoms with E-state index in [-0.39, 0.29) is 18.5 Å². The van der Waals surface area contributed by atoms with Gasteiger partial charge in [0.05, 0.1) is 5.56 Å². The lowest BCUT2D eigenvalue weighted by molar-refractivity contribution is -0.151. The van der Waals surface area contributed by atoms with Gasteiger partial charge in [-0.1, -0.05) is 0 Å². The van der Waals surface area contributed by atoms with E-state index in [1.54, 1.807) is 0 Å². The molecule has 0 aliphatic heterocycles. The normalized spacial score (nSPS) is 18.2. The van der Waals surface area contributed by atoms with Gasteiger partial charge in [0, 0.05) is 11.4 Å². The number of nitrogen functional groups attached to an aromatic ring is 1. The summed E-state index contributed by atoms with van der Waals surface area (Å²) in [7, 11) is 0. The molecule has 1 aromatic rings. The lowest BCUT2D eigenvalue weighted by Gasteiger charge is -2.22. The third kappa shape index (κ3) is 2.57. The average molecular weight is 284 g/mol. The van der Waals surface area contributed by atoms with Crippen molar-refractivity contribution in [3.8, 4) is 0 Å². The van der Waals surface area contributed by atoms with Crippen molar-refractivity contribution in [2.75, 3.05) is 11.1 Å². The predicted octanol–water partition coefficient (Wildman–Crippen LogP) is 3.79. The Bertz CT molecular complexity index is 487.